The number of aromatic nitrogens is 3. The largest absolute Gasteiger partial charge is 0.384 e. The first-order chi connectivity index (χ1) is 17.0. The number of hydrogen-bond donors (Lipinski definition) is 2. The molecule has 1 unspecified atom stereocenters. The Hall–Kier alpha value is -3.90. The predicted octanol–water partition coefficient (Wildman–Crippen LogP) is 5.62. The van der Waals surface area contributed by atoms with Gasteiger partial charge in [-0.05, 0) is 49.1 Å². The van der Waals surface area contributed by atoms with Gasteiger partial charge in [0.1, 0.15) is 16.9 Å². The van der Waals surface area contributed by atoms with E-state index in [1.54, 1.807) is 0 Å². The monoisotopic (exact) mass is 483 g/mol. The Kier molecular flexibility index (Phi) is 6.38. The Bertz CT molecular complexity index is 1510. The molecule has 3 N–H and O–H groups in total. The van der Waals surface area contributed by atoms with Gasteiger partial charge in [0.2, 0.25) is 0 Å². The molecule has 7 heteroatoms. The second kappa shape index (κ2) is 9.76. The Labute approximate surface area is 208 Å². The van der Waals surface area contributed by atoms with E-state index in [0.717, 1.165) is 23.9 Å². The van der Waals surface area contributed by atoms with E-state index >= 15 is 0 Å². The molecule has 0 spiro atoms. The van der Waals surface area contributed by atoms with Crippen LogP contribution in [-0.2, 0) is 13.0 Å². The van der Waals surface area contributed by atoms with Crippen LogP contribution < -0.4 is 11.1 Å². The number of halogens is 1. The summed E-state index contributed by atoms with van der Waals surface area (Å²) in [5, 5.41) is 3.74. The zero-order valence-corrected chi connectivity index (χ0v) is 20.2. The first kappa shape index (κ1) is 22.9. The molecule has 35 heavy (non-hydrogen) atoms. The highest BCUT2D eigenvalue weighted by Gasteiger charge is 2.25. The van der Waals surface area contributed by atoms with Crippen LogP contribution in [0.3, 0.4) is 0 Å². The van der Waals surface area contributed by atoms with Gasteiger partial charge < -0.3 is 15.6 Å². The molecule has 1 atom stereocenters. The van der Waals surface area contributed by atoms with Crippen molar-refractivity contribution in [2.75, 3.05) is 5.73 Å². The molecule has 3 aromatic carbocycles. The highest BCUT2D eigenvalue weighted by molar-refractivity contribution is 6.31. The fraction of sp³-hybridized carbons (Fsp3) is 0.179. The number of anilines is 1. The molecule has 1 amide bonds. The van der Waals surface area contributed by atoms with Crippen molar-refractivity contribution in [3.8, 4) is 0 Å². The summed E-state index contributed by atoms with van der Waals surface area (Å²) in [4.78, 5) is 23.1. The molecule has 2 aromatic heterocycles. The van der Waals surface area contributed by atoms with Crippen LogP contribution in [0.1, 0.15) is 34.8 Å². The van der Waals surface area contributed by atoms with Crippen LogP contribution in [0.25, 0.3) is 22.2 Å². The van der Waals surface area contributed by atoms with Crippen molar-refractivity contribution in [1.82, 2.24) is 19.9 Å². The van der Waals surface area contributed by atoms with Gasteiger partial charge in [0.15, 0.2) is 5.65 Å². The van der Waals surface area contributed by atoms with E-state index in [4.69, 9.17) is 27.3 Å². The third-order valence-corrected chi connectivity index (χ3v) is 6.56. The fourth-order valence-electron chi connectivity index (χ4n) is 4.29. The number of rotatable bonds is 7. The van der Waals surface area contributed by atoms with E-state index in [2.05, 4.69) is 17.4 Å². The second-order valence-corrected chi connectivity index (χ2v) is 9.13. The van der Waals surface area contributed by atoms with Crippen molar-refractivity contribution < 1.29 is 4.79 Å². The summed E-state index contributed by atoms with van der Waals surface area (Å²) in [5.74, 6) is 0.0681. The summed E-state index contributed by atoms with van der Waals surface area (Å²) in [5.41, 5.74) is 11.6. The lowest BCUT2D eigenvalue weighted by Crippen LogP contribution is -2.33. The van der Waals surface area contributed by atoms with Gasteiger partial charge in [0.25, 0.3) is 5.91 Å². The molecule has 0 fully saturated rings. The molecule has 0 aliphatic heterocycles. The lowest BCUT2D eigenvalue weighted by molar-refractivity contribution is 0.0940. The van der Waals surface area contributed by atoms with Crippen LogP contribution in [0.2, 0.25) is 5.02 Å². The number of aryl methyl sites for hydroxylation is 1. The maximum atomic E-state index is 13.5. The molecule has 0 bridgehead atoms. The number of nitrogens with one attached hydrogen (secondary N) is 1. The second-order valence-electron chi connectivity index (χ2n) is 8.72. The maximum absolute atomic E-state index is 13.5. The van der Waals surface area contributed by atoms with Crippen molar-refractivity contribution >= 4 is 45.5 Å². The van der Waals surface area contributed by atoms with Gasteiger partial charge in [0, 0.05) is 11.1 Å². The van der Waals surface area contributed by atoms with E-state index in [1.165, 1.54) is 5.56 Å². The van der Waals surface area contributed by atoms with Gasteiger partial charge in [0.05, 0.1) is 17.6 Å². The number of carbonyl (C=O) groups is 1. The maximum Gasteiger partial charge on any atom is 0.257 e. The quantitative estimate of drug-likeness (QED) is 0.314. The highest BCUT2D eigenvalue weighted by atomic mass is 35.5. The van der Waals surface area contributed by atoms with Gasteiger partial charge in [-0.15, -0.1) is 0 Å². The van der Waals surface area contributed by atoms with Crippen molar-refractivity contribution in [2.45, 2.75) is 32.4 Å². The number of carbonyl (C=O) groups excluding carboxylic acids is 1. The highest BCUT2D eigenvalue weighted by Crippen LogP contribution is 2.30. The zero-order chi connectivity index (χ0) is 24.4. The van der Waals surface area contributed by atoms with E-state index < -0.39 is 0 Å². The standard InChI is InChI=1S/C28H26ClN5O/c1-18(15-16-19-9-3-2-4-10-19)31-28(35)24-25-27(33-23-14-8-7-13-22(23)32-25)34(26(24)30)17-20-11-5-6-12-21(20)29/h2-14,18H,15-17,30H2,1H3,(H,31,35). The number of hydrogen-bond acceptors (Lipinski definition) is 4. The van der Waals surface area contributed by atoms with Gasteiger partial charge in [-0.1, -0.05) is 72.3 Å². The van der Waals surface area contributed by atoms with Crippen molar-refractivity contribution in [2.24, 2.45) is 0 Å². The third kappa shape index (κ3) is 4.70. The molecule has 176 valence electrons. The van der Waals surface area contributed by atoms with Crippen molar-refractivity contribution in [3.63, 3.8) is 0 Å². The minimum Gasteiger partial charge on any atom is -0.384 e. The van der Waals surface area contributed by atoms with Crippen LogP contribution >= 0.6 is 11.6 Å². The zero-order valence-electron chi connectivity index (χ0n) is 19.4. The van der Waals surface area contributed by atoms with E-state index in [0.29, 0.717) is 39.6 Å². The number of para-hydroxylation sites is 2. The van der Waals surface area contributed by atoms with Crippen LogP contribution in [0.5, 0.6) is 0 Å². The average molecular weight is 484 g/mol. The number of nitrogens with two attached hydrogens (primary N) is 1. The average Bonchev–Trinajstić information content (AvgIpc) is 3.13. The molecule has 6 nitrogen and oxygen atoms in total. The Morgan fingerprint density at radius 1 is 0.971 bits per heavy atom. The summed E-state index contributed by atoms with van der Waals surface area (Å²) in [6.07, 6.45) is 1.68. The number of amides is 1. The van der Waals surface area contributed by atoms with Crippen molar-refractivity contribution in [1.29, 1.82) is 0 Å². The summed E-state index contributed by atoms with van der Waals surface area (Å²) in [6.45, 7) is 2.38. The number of benzene rings is 3. The van der Waals surface area contributed by atoms with E-state index in [9.17, 15) is 4.79 Å². The summed E-state index contributed by atoms with van der Waals surface area (Å²) in [6, 6.07) is 25.4. The van der Waals surface area contributed by atoms with E-state index in [-0.39, 0.29) is 11.9 Å². The molecular weight excluding hydrogens is 458 g/mol. The SMILES string of the molecule is CC(CCc1ccccc1)NC(=O)c1c(N)n(Cc2ccccc2Cl)c2nc3ccccc3nc12. The minimum absolute atomic E-state index is 0.0440. The number of nitrogen functional groups attached to an aromatic ring is 1. The molecule has 0 saturated heterocycles. The number of nitrogens with zero attached hydrogens (tertiary/aromatic N) is 3. The first-order valence-electron chi connectivity index (χ1n) is 11.6. The summed E-state index contributed by atoms with van der Waals surface area (Å²) >= 11 is 6.43. The molecule has 5 aromatic rings. The van der Waals surface area contributed by atoms with Crippen LogP contribution in [0, 0.1) is 0 Å². The summed E-state index contributed by atoms with van der Waals surface area (Å²) in [7, 11) is 0. The topological polar surface area (TPSA) is 85.8 Å². The molecule has 2 heterocycles. The van der Waals surface area contributed by atoms with Crippen LogP contribution in [0.15, 0.2) is 78.9 Å². The lowest BCUT2D eigenvalue weighted by atomic mass is 10.1. The fourth-order valence-corrected chi connectivity index (χ4v) is 4.49. The van der Waals surface area contributed by atoms with Gasteiger partial charge >= 0.3 is 0 Å². The van der Waals surface area contributed by atoms with Gasteiger partial charge in [-0.2, -0.15) is 0 Å². The van der Waals surface area contributed by atoms with Gasteiger partial charge in [-0.3, -0.25) is 4.79 Å². The van der Waals surface area contributed by atoms with Gasteiger partial charge in [-0.25, -0.2) is 9.97 Å². The Balaban J connectivity index is 1.51. The van der Waals surface area contributed by atoms with Crippen LogP contribution in [0.4, 0.5) is 5.82 Å². The first-order valence-corrected chi connectivity index (χ1v) is 12.0. The Morgan fingerprint density at radius 3 is 2.37 bits per heavy atom. The molecule has 0 saturated carbocycles. The normalized spacial score (nSPS) is 12.2. The molecule has 0 aliphatic carbocycles. The smallest absolute Gasteiger partial charge is 0.257 e. The Morgan fingerprint density at radius 2 is 1.63 bits per heavy atom. The van der Waals surface area contributed by atoms with Crippen molar-refractivity contribution in [3.05, 3.63) is 101 Å². The molecule has 0 radical (unpaired) electrons. The predicted molar refractivity (Wildman–Crippen MR) is 142 cm³/mol. The third-order valence-electron chi connectivity index (χ3n) is 6.19. The summed E-state index contributed by atoms with van der Waals surface area (Å²) < 4.78 is 1.82. The molecule has 0 aliphatic rings. The molecular formula is C28H26ClN5O. The molecule has 5 rings (SSSR count). The van der Waals surface area contributed by atoms with Crippen LogP contribution in [-0.4, -0.2) is 26.5 Å². The van der Waals surface area contributed by atoms with E-state index in [1.807, 2.05) is 78.2 Å². The number of fused-ring (bicyclic) bond motifs is 2. The minimum atomic E-state index is -0.254. The lowest BCUT2D eigenvalue weighted by Gasteiger charge is -2.14.